The predicted octanol–water partition coefficient (Wildman–Crippen LogP) is 4.28. The molecule has 0 aromatic rings. The van der Waals surface area contributed by atoms with E-state index in [9.17, 15) is 4.79 Å². The lowest BCUT2D eigenvalue weighted by Crippen LogP contribution is -1.86. The fraction of sp³-hybridized carbons (Fsp3) is 0.909. The summed E-state index contributed by atoms with van der Waals surface area (Å²) >= 11 is 5.22. The average Bonchev–Trinajstić information content (AvgIpc) is 2.09. The minimum Gasteiger partial charge on any atom is -0.281 e. The first kappa shape index (κ1) is 13.0. The van der Waals surface area contributed by atoms with Gasteiger partial charge >= 0.3 is 0 Å². The molecule has 0 radical (unpaired) electrons. The number of carbonyl (C=O) groups is 1. The van der Waals surface area contributed by atoms with Gasteiger partial charge in [-0.25, -0.2) is 0 Å². The maximum absolute atomic E-state index is 10.4. The molecule has 2 heteroatoms. The van der Waals surface area contributed by atoms with Crippen molar-refractivity contribution in [2.75, 3.05) is 0 Å². The topological polar surface area (TPSA) is 17.1 Å². The van der Waals surface area contributed by atoms with Crippen LogP contribution in [0.3, 0.4) is 0 Å². The SMILES string of the molecule is CCCCCCCCCCC(=O)Cl. The van der Waals surface area contributed by atoms with Crippen molar-refractivity contribution < 1.29 is 4.79 Å². The number of rotatable bonds is 9. The van der Waals surface area contributed by atoms with Crippen LogP contribution in [0, 0.1) is 0 Å². The second kappa shape index (κ2) is 10.0. The van der Waals surface area contributed by atoms with E-state index in [1.54, 1.807) is 0 Å². The van der Waals surface area contributed by atoms with E-state index in [-0.39, 0.29) is 5.24 Å². The Balaban J connectivity index is 2.87. The summed E-state index contributed by atoms with van der Waals surface area (Å²) < 4.78 is 0. The molecule has 0 saturated heterocycles. The molecular formula is C11H21ClO. The Morgan fingerprint density at radius 3 is 1.85 bits per heavy atom. The van der Waals surface area contributed by atoms with Gasteiger partial charge in [0.05, 0.1) is 0 Å². The van der Waals surface area contributed by atoms with E-state index in [4.69, 9.17) is 11.6 Å². The maximum Gasteiger partial charge on any atom is 0.221 e. The standard InChI is InChI=1S/C11H21ClO/c1-2-3-4-5-6-7-8-9-10-11(12)13/h2-10H2,1H3. The van der Waals surface area contributed by atoms with E-state index in [0.717, 1.165) is 12.8 Å². The van der Waals surface area contributed by atoms with Crippen LogP contribution in [0.1, 0.15) is 64.7 Å². The van der Waals surface area contributed by atoms with Gasteiger partial charge in [0.25, 0.3) is 0 Å². The van der Waals surface area contributed by atoms with Crippen molar-refractivity contribution in [2.45, 2.75) is 64.7 Å². The minimum atomic E-state index is -0.189. The molecule has 0 atom stereocenters. The molecule has 0 N–H and O–H groups in total. The summed E-state index contributed by atoms with van der Waals surface area (Å²) in [5.74, 6) is 0. The van der Waals surface area contributed by atoms with Crippen LogP contribution in [-0.4, -0.2) is 5.24 Å². The first-order chi connectivity index (χ1) is 6.27. The smallest absolute Gasteiger partial charge is 0.221 e. The molecule has 0 aliphatic rings. The molecule has 13 heavy (non-hydrogen) atoms. The molecule has 0 bridgehead atoms. The Kier molecular flexibility index (Phi) is 10.0. The van der Waals surface area contributed by atoms with E-state index in [2.05, 4.69) is 6.92 Å². The van der Waals surface area contributed by atoms with Crippen LogP contribution in [0.2, 0.25) is 0 Å². The first-order valence-corrected chi connectivity index (χ1v) is 5.83. The highest BCUT2D eigenvalue weighted by Crippen LogP contribution is 2.09. The third-order valence-corrected chi connectivity index (χ3v) is 2.42. The van der Waals surface area contributed by atoms with E-state index < -0.39 is 0 Å². The van der Waals surface area contributed by atoms with Gasteiger partial charge in [-0.3, -0.25) is 4.79 Å². The zero-order valence-electron chi connectivity index (χ0n) is 8.65. The summed E-state index contributed by atoms with van der Waals surface area (Å²) in [6.45, 7) is 2.23. The third kappa shape index (κ3) is 12.0. The average molecular weight is 205 g/mol. The van der Waals surface area contributed by atoms with Gasteiger partial charge in [0.1, 0.15) is 0 Å². The Morgan fingerprint density at radius 1 is 0.923 bits per heavy atom. The summed E-state index contributed by atoms with van der Waals surface area (Å²) in [7, 11) is 0. The fourth-order valence-corrected chi connectivity index (χ4v) is 1.53. The Hall–Kier alpha value is -0.0400. The Morgan fingerprint density at radius 2 is 1.38 bits per heavy atom. The molecule has 0 saturated carbocycles. The van der Waals surface area contributed by atoms with Crippen molar-refractivity contribution in [1.29, 1.82) is 0 Å². The van der Waals surface area contributed by atoms with Crippen molar-refractivity contribution in [2.24, 2.45) is 0 Å². The van der Waals surface area contributed by atoms with Crippen LogP contribution in [0.4, 0.5) is 0 Å². The van der Waals surface area contributed by atoms with Crippen LogP contribution in [0.5, 0.6) is 0 Å². The van der Waals surface area contributed by atoms with Crippen LogP contribution >= 0.6 is 11.6 Å². The van der Waals surface area contributed by atoms with E-state index in [1.165, 1.54) is 38.5 Å². The van der Waals surface area contributed by atoms with Crippen LogP contribution < -0.4 is 0 Å². The molecule has 1 nitrogen and oxygen atoms in total. The molecule has 0 aromatic heterocycles. The highest BCUT2D eigenvalue weighted by Gasteiger charge is 1.95. The lowest BCUT2D eigenvalue weighted by molar-refractivity contribution is -0.111. The highest BCUT2D eigenvalue weighted by atomic mass is 35.5. The predicted molar refractivity (Wildman–Crippen MR) is 58.1 cm³/mol. The monoisotopic (exact) mass is 204 g/mol. The van der Waals surface area contributed by atoms with Gasteiger partial charge in [-0.1, -0.05) is 51.9 Å². The van der Waals surface area contributed by atoms with Crippen molar-refractivity contribution in [3.8, 4) is 0 Å². The van der Waals surface area contributed by atoms with Crippen LogP contribution in [-0.2, 0) is 4.79 Å². The Bertz CT molecular complexity index is 123. The molecule has 0 aromatic carbocycles. The fourth-order valence-electron chi connectivity index (χ4n) is 1.40. The van der Waals surface area contributed by atoms with E-state index in [1.807, 2.05) is 0 Å². The highest BCUT2D eigenvalue weighted by molar-refractivity contribution is 6.63. The molecule has 0 heterocycles. The molecular weight excluding hydrogens is 184 g/mol. The van der Waals surface area contributed by atoms with Crippen LogP contribution in [0.25, 0.3) is 0 Å². The van der Waals surface area contributed by atoms with Crippen molar-refractivity contribution in [3.63, 3.8) is 0 Å². The van der Waals surface area contributed by atoms with Gasteiger partial charge in [-0.05, 0) is 18.0 Å². The van der Waals surface area contributed by atoms with Gasteiger partial charge in [0, 0.05) is 6.42 Å². The molecule has 0 rings (SSSR count). The van der Waals surface area contributed by atoms with E-state index in [0.29, 0.717) is 6.42 Å². The molecule has 0 aliphatic carbocycles. The van der Waals surface area contributed by atoms with Crippen molar-refractivity contribution in [3.05, 3.63) is 0 Å². The van der Waals surface area contributed by atoms with E-state index >= 15 is 0 Å². The minimum absolute atomic E-state index is 0.189. The molecule has 0 amide bonds. The lowest BCUT2D eigenvalue weighted by Gasteiger charge is -1.99. The summed E-state index contributed by atoms with van der Waals surface area (Å²) in [6.07, 6.45) is 10.6. The second-order valence-corrected chi connectivity index (χ2v) is 4.00. The van der Waals surface area contributed by atoms with Crippen molar-refractivity contribution in [1.82, 2.24) is 0 Å². The van der Waals surface area contributed by atoms with Crippen molar-refractivity contribution >= 4 is 16.8 Å². The largest absolute Gasteiger partial charge is 0.281 e. The molecule has 0 fully saturated rings. The number of hydrogen-bond donors (Lipinski definition) is 0. The maximum atomic E-state index is 10.4. The Labute approximate surface area is 86.9 Å². The second-order valence-electron chi connectivity index (χ2n) is 3.58. The molecule has 0 unspecified atom stereocenters. The van der Waals surface area contributed by atoms with Gasteiger partial charge < -0.3 is 0 Å². The summed E-state index contributed by atoms with van der Waals surface area (Å²) in [6, 6.07) is 0. The van der Waals surface area contributed by atoms with Gasteiger partial charge in [0.2, 0.25) is 5.24 Å². The number of hydrogen-bond acceptors (Lipinski definition) is 1. The quantitative estimate of drug-likeness (QED) is 0.405. The van der Waals surface area contributed by atoms with Gasteiger partial charge in [-0.2, -0.15) is 0 Å². The summed E-state index contributed by atoms with van der Waals surface area (Å²) in [4.78, 5) is 10.4. The lowest BCUT2D eigenvalue weighted by atomic mass is 10.1. The van der Waals surface area contributed by atoms with Gasteiger partial charge in [-0.15, -0.1) is 0 Å². The zero-order valence-corrected chi connectivity index (χ0v) is 9.41. The molecule has 0 spiro atoms. The molecule has 78 valence electrons. The first-order valence-electron chi connectivity index (χ1n) is 5.45. The normalized spacial score (nSPS) is 10.3. The summed E-state index contributed by atoms with van der Waals surface area (Å²) in [5, 5.41) is -0.189. The number of carbonyl (C=O) groups excluding carboxylic acids is 1. The number of halogens is 1. The third-order valence-electron chi connectivity index (χ3n) is 2.23. The zero-order chi connectivity index (χ0) is 9.94. The summed E-state index contributed by atoms with van der Waals surface area (Å²) in [5.41, 5.74) is 0. The van der Waals surface area contributed by atoms with Crippen LogP contribution in [0.15, 0.2) is 0 Å². The van der Waals surface area contributed by atoms with Gasteiger partial charge in [0.15, 0.2) is 0 Å². The number of unbranched alkanes of at least 4 members (excludes halogenated alkanes) is 7. The molecule has 0 aliphatic heterocycles.